The Bertz CT molecular complexity index is 467. The van der Waals surface area contributed by atoms with Crippen LogP contribution >= 0.6 is 11.3 Å². The highest BCUT2D eigenvalue weighted by Crippen LogP contribution is 2.25. The number of amides is 2. The number of carbonyl (C=O) groups excluding carboxylic acids is 1. The van der Waals surface area contributed by atoms with Crippen LogP contribution in [-0.2, 0) is 6.42 Å². The average Bonchev–Trinajstić information content (AvgIpc) is 2.95. The molecule has 0 aromatic carbocycles. The van der Waals surface area contributed by atoms with Gasteiger partial charge in [0.1, 0.15) is 0 Å². The largest absolute Gasteiger partial charge is 0.394 e. The molecule has 20 heavy (non-hydrogen) atoms. The van der Waals surface area contributed by atoms with Gasteiger partial charge < -0.3 is 10.0 Å². The van der Waals surface area contributed by atoms with E-state index in [2.05, 4.69) is 31.1 Å². The molecule has 5 nitrogen and oxygen atoms in total. The highest BCUT2D eigenvalue weighted by Gasteiger charge is 2.28. The van der Waals surface area contributed by atoms with Crippen LogP contribution in [0.15, 0.2) is 5.38 Å². The summed E-state index contributed by atoms with van der Waals surface area (Å²) in [6.45, 7) is 7.24. The van der Waals surface area contributed by atoms with E-state index in [4.69, 9.17) is 0 Å². The van der Waals surface area contributed by atoms with Gasteiger partial charge in [0.05, 0.1) is 18.3 Å². The molecule has 0 saturated carbocycles. The summed E-state index contributed by atoms with van der Waals surface area (Å²) in [7, 11) is 0. The Morgan fingerprint density at radius 3 is 3.00 bits per heavy atom. The lowest BCUT2D eigenvalue weighted by molar-refractivity contribution is 0.166. The minimum absolute atomic E-state index is 0.0283. The first-order chi connectivity index (χ1) is 9.39. The molecule has 112 valence electrons. The molecule has 1 saturated heterocycles. The predicted octanol–water partition coefficient (Wildman–Crippen LogP) is 2.72. The van der Waals surface area contributed by atoms with Crippen molar-refractivity contribution in [1.82, 2.24) is 9.88 Å². The highest BCUT2D eigenvalue weighted by molar-refractivity contribution is 7.13. The molecule has 2 heterocycles. The van der Waals surface area contributed by atoms with E-state index in [9.17, 15) is 9.90 Å². The first kappa shape index (κ1) is 15.3. The summed E-state index contributed by atoms with van der Waals surface area (Å²) in [5, 5.41) is 14.7. The number of aromatic nitrogens is 1. The second-order valence-electron chi connectivity index (χ2n) is 6.48. The minimum atomic E-state index is -0.154. The van der Waals surface area contributed by atoms with Crippen molar-refractivity contribution in [1.29, 1.82) is 0 Å². The number of hydrogen-bond acceptors (Lipinski definition) is 4. The number of anilines is 1. The fourth-order valence-electron chi connectivity index (χ4n) is 2.45. The lowest BCUT2D eigenvalue weighted by Gasteiger charge is -2.22. The van der Waals surface area contributed by atoms with Gasteiger partial charge in [-0.1, -0.05) is 20.8 Å². The summed E-state index contributed by atoms with van der Waals surface area (Å²) >= 11 is 1.45. The number of aliphatic hydroxyl groups excluding tert-OH is 1. The molecule has 2 N–H and O–H groups in total. The van der Waals surface area contributed by atoms with E-state index >= 15 is 0 Å². The zero-order valence-electron chi connectivity index (χ0n) is 12.3. The van der Waals surface area contributed by atoms with E-state index in [1.54, 1.807) is 4.90 Å². The lowest BCUT2D eigenvalue weighted by atomic mass is 9.91. The molecule has 2 amide bonds. The van der Waals surface area contributed by atoms with Crippen LogP contribution in [0.5, 0.6) is 0 Å². The summed E-state index contributed by atoms with van der Waals surface area (Å²) in [5.74, 6) is 0. The van der Waals surface area contributed by atoms with Crippen molar-refractivity contribution in [3.05, 3.63) is 11.1 Å². The Kier molecular flexibility index (Phi) is 4.65. The van der Waals surface area contributed by atoms with Gasteiger partial charge >= 0.3 is 6.03 Å². The van der Waals surface area contributed by atoms with Gasteiger partial charge in [0.25, 0.3) is 0 Å². The Hall–Kier alpha value is -1.14. The smallest absolute Gasteiger partial charge is 0.323 e. The quantitative estimate of drug-likeness (QED) is 0.901. The monoisotopic (exact) mass is 297 g/mol. The van der Waals surface area contributed by atoms with Crippen molar-refractivity contribution in [3.8, 4) is 0 Å². The fourth-order valence-corrected chi connectivity index (χ4v) is 3.14. The average molecular weight is 297 g/mol. The summed E-state index contributed by atoms with van der Waals surface area (Å²) in [6, 6.07) is -0.206. The van der Waals surface area contributed by atoms with Crippen LogP contribution in [0.2, 0.25) is 0 Å². The lowest BCUT2D eigenvalue weighted by Crippen LogP contribution is -2.40. The van der Waals surface area contributed by atoms with Crippen molar-refractivity contribution in [3.63, 3.8) is 0 Å². The Labute approximate surface area is 124 Å². The molecule has 1 atom stereocenters. The van der Waals surface area contributed by atoms with E-state index in [0.717, 1.165) is 25.0 Å². The van der Waals surface area contributed by atoms with Crippen molar-refractivity contribution >= 4 is 22.5 Å². The van der Waals surface area contributed by atoms with Gasteiger partial charge in [-0.15, -0.1) is 11.3 Å². The van der Waals surface area contributed by atoms with Gasteiger partial charge in [-0.25, -0.2) is 9.78 Å². The van der Waals surface area contributed by atoms with Gasteiger partial charge in [-0.2, -0.15) is 0 Å². The molecular formula is C14H23N3O2S. The van der Waals surface area contributed by atoms with Crippen molar-refractivity contribution < 1.29 is 9.90 Å². The first-order valence-electron chi connectivity index (χ1n) is 7.02. The van der Waals surface area contributed by atoms with Gasteiger partial charge in [0.15, 0.2) is 5.13 Å². The number of thiazole rings is 1. The molecule has 1 aliphatic rings. The van der Waals surface area contributed by atoms with E-state index in [1.807, 2.05) is 5.38 Å². The molecular weight excluding hydrogens is 274 g/mol. The van der Waals surface area contributed by atoms with Crippen LogP contribution in [0, 0.1) is 5.41 Å². The molecule has 2 rings (SSSR count). The molecule has 6 heteroatoms. The maximum absolute atomic E-state index is 12.1. The Balaban J connectivity index is 1.95. The number of carbonyl (C=O) groups is 1. The number of urea groups is 1. The number of likely N-dealkylation sites (tertiary alicyclic amines) is 1. The maximum Gasteiger partial charge on any atom is 0.323 e. The number of nitrogens with zero attached hydrogens (tertiary/aromatic N) is 2. The summed E-state index contributed by atoms with van der Waals surface area (Å²) in [5.41, 5.74) is 1.20. The van der Waals surface area contributed by atoms with E-state index in [-0.39, 0.29) is 24.1 Å². The fraction of sp³-hybridized carbons (Fsp3) is 0.714. The number of rotatable bonds is 3. The molecule has 1 fully saturated rings. The van der Waals surface area contributed by atoms with Crippen LogP contribution in [-0.4, -0.2) is 40.2 Å². The zero-order valence-corrected chi connectivity index (χ0v) is 13.2. The second-order valence-corrected chi connectivity index (χ2v) is 7.34. The Morgan fingerprint density at radius 2 is 2.35 bits per heavy atom. The third-order valence-electron chi connectivity index (χ3n) is 3.33. The van der Waals surface area contributed by atoms with Crippen molar-refractivity contribution in [2.45, 2.75) is 46.1 Å². The number of aliphatic hydroxyl groups is 1. The molecule has 0 bridgehead atoms. The number of hydrogen-bond donors (Lipinski definition) is 2. The normalized spacial score (nSPS) is 19.4. The van der Waals surface area contributed by atoms with Gasteiger partial charge in [0, 0.05) is 11.9 Å². The van der Waals surface area contributed by atoms with Crippen molar-refractivity contribution in [2.24, 2.45) is 5.41 Å². The van der Waals surface area contributed by atoms with Gasteiger partial charge in [-0.05, 0) is 24.7 Å². The molecule has 0 unspecified atom stereocenters. The SMILES string of the molecule is CC(C)(C)Cc1csc(NC(=O)N2CCC[C@H]2CO)n1. The maximum atomic E-state index is 12.1. The molecule has 0 aliphatic carbocycles. The Morgan fingerprint density at radius 1 is 1.60 bits per heavy atom. The third kappa shape index (κ3) is 3.93. The number of nitrogens with one attached hydrogen (secondary N) is 1. The van der Waals surface area contributed by atoms with Gasteiger partial charge in [0.2, 0.25) is 0 Å². The van der Waals surface area contributed by atoms with Crippen LogP contribution in [0.25, 0.3) is 0 Å². The van der Waals surface area contributed by atoms with Gasteiger partial charge in [-0.3, -0.25) is 5.32 Å². The van der Waals surface area contributed by atoms with Crippen LogP contribution < -0.4 is 5.32 Å². The summed E-state index contributed by atoms with van der Waals surface area (Å²) < 4.78 is 0. The topological polar surface area (TPSA) is 65.5 Å². The van der Waals surface area contributed by atoms with E-state index in [1.165, 1.54) is 11.3 Å². The third-order valence-corrected chi connectivity index (χ3v) is 4.13. The standard InChI is InChI=1S/C14H23N3O2S/c1-14(2,3)7-10-9-20-12(15-10)16-13(19)17-6-4-5-11(17)8-18/h9,11,18H,4-8H2,1-3H3,(H,15,16,19)/t11-/m0/s1. The van der Waals surface area contributed by atoms with Crippen molar-refractivity contribution in [2.75, 3.05) is 18.5 Å². The van der Waals surface area contributed by atoms with E-state index in [0.29, 0.717) is 11.7 Å². The molecule has 1 aliphatic heterocycles. The zero-order chi connectivity index (χ0) is 14.8. The van der Waals surface area contributed by atoms with Crippen LogP contribution in [0.3, 0.4) is 0 Å². The first-order valence-corrected chi connectivity index (χ1v) is 7.90. The molecule has 0 spiro atoms. The van der Waals surface area contributed by atoms with Crippen LogP contribution in [0.4, 0.5) is 9.93 Å². The molecule has 1 aromatic heterocycles. The van der Waals surface area contributed by atoms with E-state index < -0.39 is 0 Å². The van der Waals surface area contributed by atoms with Crippen LogP contribution in [0.1, 0.15) is 39.3 Å². The second kappa shape index (κ2) is 6.10. The molecule has 0 radical (unpaired) electrons. The predicted molar refractivity (Wildman–Crippen MR) is 81.1 cm³/mol. The highest BCUT2D eigenvalue weighted by atomic mass is 32.1. The summed E-state index contributed by atoms with van der Waals surface area (Å²) in [6.07, 6.45) is 2.71. The minimum Gasteiger partial charge on any atom is -0.394 e. The summed E-state index contributed by atoms with van der Waals surface area (Å²) in [4.78, 5) is 18.3. The molecule has 1 aromatic rings.